The predicted molar refractivity (Wildman–Crippen MR) is 169 cm³/mol. The Morgan fingerprint density at radius 1 is 1.21 bits per heavy atom. The van der Waals surface area contributed by atoms with Crippen LogP contribution in [-0.2, 0) is 27.2 Å². The first-order chi connectivity index (χ1) is 22.0. The van der Waals surface area contributed by atoms with Gasteiger partial charge in [0.15, 0.2) is 0 Å². The topological polar surface area (TPSA) is 122 Å². The number of alkyl halides is 2. The molecule has 0 radical (unpaired) electrons. The summed E-state index contributed by atoms with van der Waals surface area (Å²) in [6, 6.07) is 7.71. The molecule has 0 saturated carbocycles. The average molecular weight is 667 g/mol. The highest BCUT2D eigenvalue weighted by Crippen LogP contribution is 2.52. The van der Waals surface area contributed by atoms with Crippen molar-refractivity contribution < 1.29 is 31.9 Å². The first-order valence-electron chi connectivity index (χ1n) is 14.6. The molecular weight excluding hydrogens is 633 g/mol. The molecule has 0 spiro atoms. The Kier molecular flexibility index (Phi) is 8.74. The van der Waals surface area contributed by atoms with Crippen molar-refractivity contribution in [2.24, 2.45) is 10.2 Å². The van der Waals surface area contributed by atoms with Crippen LogP contribution in [0.1, 0.15) is 58.1 Å². The third-order valence-corrected chi connectivity index (χ3v) is 8.63. The van der Waals surface area contributed by atoms with E-state index in [0.29, 0.717) is 28.6 Å². The molecule has 1 atom stereocenters. The number of nitrogens with one attached hydrogen (secondary N) is 1. The third kappa shape index (κ3) is 6.76. The van der Waals surface area contributed by atoms with Crippen molar-refractivity contribution in [3.8, 4) is 23.8 Å². The molecule has 2 amide bonds. The summed E-state index contributed by atoms with van der Waals surface area (Å²) in [4.78, 5) is 28.6. The first-order valence-corrected chi connectivity index (χ1v) is 15.6. The fourth-order valence-electron chi connectivity index (χ4n) is 4.90. The van der Waals surface area contributed by atoms with Crippen molar-refractivity contribution in [3.63, 3.8) is 0 Å². The van der Waals surface area contributed by atoms with Gasteiger partial charge in [0.05, 0.1) is 23.2 Å². The number of benzene rings is 2. The summed E-state index contributed by atoms with van der Waals surface area (Å²) in [6.45, 7) is 11.9. The maximum Gasteiger partial charge on any atom is 0.408 e. The Morgan fingerprint density at radius 3 is 2.49 bits per heavy atom. The average Bonchev–Trinajstić information content (AvgIpc) is 3.69. The molecule has 10 nitrogen and oxygen atoms in total. The molecule has 14 heteroatoms. The number of anilines is 1. The zero-order chi connectivity index (χ0) is 34.4. The summed E-state index contributed by atoms with van der Waals surface area (Å²) >= 11 is 1.17. The predicted octanol–water partition coefficient (Wildman–Crippen LogP) is 7.15. The van der Waals surface area contributed by atoms with Crippen LogP contribution in [0.4, 0.5) is 23.7 Å². The summed E-state index contributed by atoms with van der Waals surface area (Å²) in [5.74, 6) is -1.81. The number of hydrogen-bond donors (Lipinski definition) is 1. The highest BCUT2D eigenvalue weighted by Gasteiger charge is 2.61. The van der Waals surface area contributed by atoms with Crippen molar-refractivity contribution in [1.82, 2.24) is 15.5 Å². The minimum Gasteiger partial charge on any atom is -0.444 e. The Morgan fingerprint density at radius 2 is 1.89 bits per heavy atom. The number of halogens is 3. The van der Waals surface area contributed by atoms with Gasteiger partial charge in [0.2, 0.25) is 5.89 Å². The maximum absolute atomic E-state index is 15.6. The Balaban J connectivity index is 1.52. The van der Waals surface area contributed by atoms with Gasteiger partial charge in [-0.15, -0.1) is 44.5 Å². The highest BCUT2D eigenvalue weighted by atomic mass is 32.2. The highest BCUT2D eigenvalue weighted by molar-refractivity contribution is 7.99. The van der Waals surface area contributed by atoms with E-state index in [1.165, 1.54) is 40.9 Å². The number of carbonyl (C=O) groups excluding carboxylic acids is 2. The quantitative estimate of drug-likeness (QED) is 0.190. The van der Waals surface area contributed by atoms with Gasteiger partial charge in [0.25, 0.3) is 17.5 Å². The molecule has 2 aromatic carbocycles. The van der Waals surface area contributed by atoms with Crippen LogP contribution in [0.5, 0.6) is 0 Å². The number of carbonyl (C=O) groups is 2. The van der Waals surface area contributed by atoms with Gasteiger partial charge in [-0.25, -0.2) is 9.18 Å². The molecule has 5 rings (SSSR count). The van der Waals surface area contributed by atoms with E-state index in [9.17, 15) is 18.4 Å². The van der Waals surface area contributed by atoms with Gasteiger partial charge >= 0.3 is 12.0 Å². The smallest absolute Gasteiger partial charge is 0.408 e. The molecule has 2 aliphatic rings. The standard InChI is InChI=1S/C33H33F3N6O4S/c1-8-14-31(6,7)28-39-38-26(45-28)21-15-24-25(16-22(21)34)47-18-23(37-29(44)46-30(3,4)5)27(43)42(24)17-19-10-12-20(13-11-19)33(40-41-33)32(35,36)9-2/h1,9-13,15-16,23H,2,14,17-18H2,3-7H3,(H,37,44)/t23-/m0/s1. The zero-order valence-electron chi connectivity index (χ0n) is 26.4. The van der Waals surface area contributed by atoms with Crippen LogP contribution in [0.3, 0.4) is 0 Å². The van der Waals surface area contributed by atoms with E-state index >= 15 is 4.39 Å². The minimum atomic E-state index is -3.39. The van der Waals surface area contributed by atoms with Crippen LogP contribution < -0.4 is 10.2 Å². The van der Waals surface area contributed by atoms with E-state index in [1.54, 1.807) is 32.9 Å². The molecule has 0 saturated heterocycles. The van der Waals surface area contributed by atoms with E-state index < -0.39 is 46.5 Å². The second-order valence-electron chi connectivity index (χ2n) is 12.8. The molecule has 47 heavy (non-hydrogen) atoms. The monoisotopic (exact) mass is 666 g/mol. The molecule has 1 N–H and O–H groups in total. The lowest BCUT2D eigenvalue weighted by molar-refractivity contribution is -0.120. The molecule has 2 aliphatic heterocycles. The molecule has 3 heterocycles. The molecule has 1 aromatic heterocycles. The Bertz CT molecular complexity index is 1790. The van der Waals surface area contributed by atoms with Gasteiger partial charge in [0, 0.05) is 22.6 Å². The fraction of sp³-hybridized carbons (Fsp3) is 0.394. The number of alkyl carbamates (subject to hydrolysis) is 1. The molecule has 0 bridgehead atoms. The van der Waals surface area contributed by atoms with Crippen molar-refractivity contribution in [2.45, 2.75) is 81.1 Å². The van der Waals surface area contributed by atoms with E-state index in [-0.39, 0.29) is 35.2 Å². The van der Waals surface area contributed by atoms with Gasteiger partial charge in [-0.1, -0.05) is 44.7 Å². The van der Waals surface area contributed by atoms with Gasteiger partial charge in [0.1, 0.15) is 17.5 Å². The number of thioether (sulfide) groups is 1. The van der Waals surface area contributed by atoms with Crippen LogP contribution in [0.25, 0.3) is 11.5 Å². The lowest BCUT2D eigenvalue weighted by atomic mass is 9.90. The SMILES string of the molecule is C#CCC(C)(C)c1nnc(-c2cc3c(cc2F)SC[C@H](NC(=O)OC(C)(C)C)C(=O)N3Cc2ccc(C3(C(F)(F)C=C)N=N3)cc2)o1. The zero-order valence-corrected chi connectivity index (χ0v) is 27.3. The number of amides is 2. The van der Waals surface area contributed by atoms with Gasteiger partial charge in [-0.05, 0) is 44.5 Å². The number of aromatic nitrogens is 2. The number of rotatable bonds is 9. The second kappa shape index (κ2) is 12.2. The lowest BCUT2D eigenvalue weighted by Gasteiger charge is -2.27. The lowest BCUT2D eigenvalue weighted by Crippen LogP contribution is -2.50. The Labute approximate surface area is 274 Å². The Hall–Kier alpha value is -4.64. The molecule has 0 aliphatic carbocycles. The molecule has 0 fully saturated rings. The maximum atomic E-state index is 15.6. The van der Waals surface area contributed by atoms with Crippen molar-refractivity contribution >= 4 is 29.4 Å². The van der Waals surface area contributed by atoms with Crippen LogP contribution in [0.15, 0.2) is 68.6 Å². The van der Waals surface area contributed by atoms with Gasteiger partial charge < -0.3 is 19.4 Å². The summed E-state index contributed by atoms with van der Waals surface area (Å²) in [5.41, 5.74) is -2.54. The molecule has 0 unspecified atom stereocenters. The number of fused-ring (bicyclic) bond motifs is 1. The summed E-state index contributed by atoms with van der Waals surface area (Å²) in [6.07, 6.45) is 5.50. The van der Waals surface area contributed by atoms with Crippen LogP contribution >= 0.6 is 11.8 Å². The number of terminal acetylenes is 1. The van der Waals surface area contributed by atoms with Gasteiger partial charge in [-0.3, -0.25) is 4.79 Å². The minimum absolute atomic E-state index is 0.0446. The fourth-order valence-corrected chi connectivity index (χ4v) is 5.97. The van der Waals surface area contributed by atoms with Crippen LogP contribution in [0.2, 0.25) is 0 Å². The van der Waals surface area contributed by atoms with Crippen molar-refractivity contribution in [3.05, 3.63) is 71.9 Å². The van der Waals surface area contributed by atoms with Gasteiger partial charge in [-0.2, -0.15) is 8.78 Å². The van der Waals surface area contributed by atoms with Crippen LogP contribution in [0, 0.1) is 18.2 Å². The number of ether oxygens (including phenoxy) is 1. The van der Waals surface area contributed by atoms with Crippen molar-refractivity contribution in [2.75, 3.05) is 10.7 Å². The summed E-state index contributed by atoms with van der Waals surface area (Å²) in [5, 5.41) is 18.0. The van der Waals surface area contributed by atoms with Crippen LogP contribution in [-0.4, -0.2) is 45.5 Å². The summed E-state index contributed by atoms with van der Waals surface area (Å²) < 4.78 is 55.9. The summed E-state index contributed by atoms with van der Waals surface area (Å²) in [7, 11) is 0. The normalized spacial score (nSPS) is 17.4. The van der Waals surface area contributed by atoms with E-state index in [0.717, 1.165) is 0 Å². The van der Waals surface area contributed by atoms with Crippen molar-refractivity contribution in [1.29, 1.82) is 0 Å². The molecule has 3 aromatic rings. The third-order valence-electron chi connectivity index (χ3n) is 7.50. The number of nitrogens with zero attached hydrogens (tertiary/aromatic N) is 5. The largest absolute Gasteiger partial charge is 0.444 e. The van der Waals surface area contributed by atoms with E-state index in [1.807, 2.05) is 13.8 Å². The van der Waals surface area contributed by atoms with E-state index in [2.05, 4.69) is 38.2 Å². The first kappa shape index (κ1) is 33.7. The van der Waals surface area contributed by atoms with E-state index in [4.69, 9.17) is 15.6 Å². The number of hydrogen-bond acceptors (Lipinski definition) is 9. The second-order valence-corrected chi connectivity index (χ2v) is 13.9. The molecular formula is C33H33F3N6O4S. The molecule has 246 valence electrons.